The van der Waals surface area contributed by atoms with Gasteiger partial charge in [-0.3, -0.25) is 0 Å². The van der Waals surface area contributed by atoms with Crippen LogP contribution in [0, 0.1) is 5.92 Å². The maximum Gasteiger partial charge on any atom is 0.348 e. The Balaban J connectivity index is 1.93. The van der Waals surface area contributed by atoms with Crippen LogP contribution in [0.25, 0.3) is 0 Å². The van der Waals surface area contributed by atoms with Crippen LogP contribution in [0.5, 0.6) is 0 Å². The summed E-state index contributed by atoms with van der Waals surface area (Å²) in [5, 5.41) is 11.7. The Bertz CT molecular complexity index is 667. The first-order valence-corrected chi connectivity index (χ1v) is 8.84. The number of hydrogen-bond acceptors (Lipinski definition) is 9. The third-order valence-electron chi connectivity index (χ3n) is 4.28. The molecule has 1 aromatic heterocycles. The van der Waals surface area contributed by atoms with Crippen molar-refractivity contribution in [2.45, 2.75) is 30.0 Å². The number of thiophene rings is 1. The van der Waals surface area contributed by atoms with Gasteiger partial charge in [0.15, 0.2) is 12.2 Å². The summed E-state index contributed by atoms with van der Waals surface area (Å²) in [6.45, 7) is 1.45. The molecule has 5 atom stereocenters. The van der Waals surface area contributed by atoms with Crippen molar-refractivity contribution in [3.05, 3.63) is 34.2 Å². The molecule has 24 heavy (non-hydrogen) atoms. The van der Waals surface area contributed by atoms with Crippen LogP contribution in [-0.2, 0) is 19.0 Å². The third-order valence-corrected chi connectivity index (χ3v) is 6.13. The second kappa shape index (κ2) is 6.40. The summed E-state index contributed by atoms with van der Waals surface area (Å²) < 4.78 is 25.3. The first-order valence-electron chi connectivity index (χ1n) is 7.12. The zero-order chi connectivity index (χ0) is 17.5. The minimum atomic E-state index is -1.59. The molecule has 2 fully saturated rings. The van der Waals surface area contributed by atoms with E-state index in [0.717, 1.165) is 0 Å². The molecule has 1 aliphatic heterocycles. The Morgan fingerprint density at radius 2 is 2.29 bits per heavy atom. The number of rotatable bonds is 4. The van der Waals surface area contributed by atoms with Crippen LogP contribution < -0.4 is 0 Å². The summed E-state index contributed by atoms with van der Waals surface area (Å²) in [7, 11) is 1.39. The van der Waals surface area contributed by atoms with Crippen molar-refractivity contribution in [2.75, 3.05) is 7.11 Å². The van der Waals surface area contributed by atoms with Gasteiger partial charge in [-0.15, -0.1) is 11.3 Å². The Morgan fingerprint density at radius 1 is 1.54 bits per heavy atom. The summed E-state index contributed by atoms with van der Waals surface area (Å²) in [6.07, 6.45) is -0.758. The summed E-state index contributed by atoms with van der Waals surface area (Å²) in [4.78, 5) is 24.7. The number of esters is 2. The molecule has 1 saturated heterocycles. The highest BCUT2D eigenvalue weighted by atomic mass is 32.2. The smallest absolute Gasteiger partial charge is 0.348 e. The Kier molecular flexibility index (Phi) is 4.60. The number of ether oxygens (including phenoxy) is 3. The zero-order valence-corrected chi connectivity index (χ0v) is 14.5. The molecule has 1 saturated carbocycles. The van der Waals surface area contributed by atoms with E-state index in [2.05, 4.69) is 0 Å². The second-order valence-corrected chi connectivity index (χ2v) is 7.43. The summed E-state index contributed by atoms with van der Waals surface area (Å²) in [5.41, 5.74) is -1.39. The number of hydrogen-bond donors (Lipinski definition) is 2. The lowest BCUT2D eigenvalue weighted by molar-refractivity contribution is -0.149. The predicted molar refractivity (Wildman–Crippen MR) is 86.6 cm³/mol. The van der Waals surface area contributed by atoms with Crippen LogP contribution >= 0.6 is 23.4 Å². The van der Waals surface area contributed by atoms with Crippen LogP contribution in [0.1, 0.15) is 16.6 Å². The summed E-state index contributed by atoms with van der Waals surface area (Å²) >= 11 is 1.61. The molecule has 0 aromatic carbocycles. The minimum absolute atomic E-state index is 0.198. The normalized spacial score (nSPS) is 36.5. The van der Waals surface area contributed by atoms with E-state index in [1.807, 2.05) is 0 Å². The van der Waals surface area contributed by atoms with Gasteiger partial charge in [-0.05, 0) is 30.4 Å². The molecule has 1 aromatic rings. The molecule has 3 rings (SSSR count). The van der Waals surface area contributed by atoms with E-state index in [1.54, 1.807) is 17.5 Å². The molecule has 1 aliphatic carbocycles. The van der Waals surface area contributed by atoms with E-state index < -0.39 is 40.9 Å². The van der Waals surface area contributed by atoms with Gasteiger partial charge in [-0.2, -0.15) is 0 Å². The van der Waals surface area contributed by atoms with Crippen molar-refractivity contribution in [3.8, 4) is 0 Å². The molecule has 0 unspecified atom stereocenters. The molecule has 0 spiro atoms. The van der Waals surface area contributed by atoms with Gasteiger partial charge in [-0.1, -0.05) is 6.07 Å². The Morgan fingerprint density at radius 3 is 2.88 bits per heavy atom. The minimum Gasteiger partial charge on any atom is -0.504 e. The van der Waals surface area contributed by atoms with Gasteiger partial charge in [-0.25, -0.2) is 9.59 Å². The van der Waals surface area contributed by atoms with Gasteiger partial charge >= 0.3 is 11.9 Å². The highest BCUT2D eigenvalue weighted by Gasteiger charge is 2.66. The number of aliphatic hydroxyl groups is 1. The van der Waals surface area contributed by atoms with Crippen LogP contribution in [0.4, 0.5) is 0 Å². The lowest BCUT2D eigenvalue weighted by Crippen LogP contribution is -2.48. The second-order valence-electron chi connectivity index (χ2n) is 5.76. The van der Waals surface area contributed by atoms with Gasteiger partial charge in [0.2, 0.25) is 0 Å². The molecule has 2 heterocycles. The fourth-order valence-corrected chi connectivity index (χ4v) is 4.59. The monoisotopic (exact) mass is 372 g/mol. The average molecular weight is 372 g/mol. The Labute approximate surface area is 146 Å². The molecule has 7 nitrogen and oxygen atoms in total. The predicted octanol–water partition coefficient (Wildman–Crippen LogP) is 1.68. The lowest BCUT2D eigenvalue weighted by Gasteiger charge is -2.30. The maximum absolute atomic E-state index is 12.2. The number of fused-ring (bicyclic) bond motifs is 1. The Hall–Kier alpha value is -1.55. The van der Waals surface area contributed by atoms with Gasteiger partial charge in [0, 0.05) is 0 Å². The SMILES string of the molecule is CO/C=C1/C(=O)O[C@H]2[C@H]1[C@H](SO)[C@@](C)(O)[C@H]2OC(=O)c1cccs1. The first-order chi connectivity index (χ1) is 11.4. The van der Waals surface area contributed by atoms with Crippen LogP contribution in [0.3, 0.4) is 0 Å². The molecular weight excluding hydrogens is 356 g/mol. The van der Waals surface area contributed by atoms with E-state index in [9.17, 15) is 19.2 Å². The van der Waals surface area contributed by atoms with Crippen molar-refractivity contribution in [2.24, 2.45) is 5.92 Å². The van der Waals surface area contributed by atoms with Crippen molar-refractivity contribution >= 4 is 35.3 Å². The van der Waals surface area contributed by atoms with Crippen molar-refractivity contribution < 1.29 is 33.5 Å². The third kappa shape index (κ3) is 2.61. The van der Waals surface area contributed by atoms with Gasteiger partial charge < -0.3 is 23.9 Å². The molecular formula is C15H16O7S2. The van der Waals surface area contributed by atoms with E-state index in [0.29, 0.717) is 16.9 Å². The molecule has 9 heteroatoms. The van der Waals surface area contributed by atoms with Crippen LogP contribution in [0.2, 0.25) is 0 Å². The number of carbonyl (C=O) groups excluding carboxylic acids is 2. The molecule has 0 radical (unpaired) electrons. The molecule has 2 N–H and O–H groups in total. The largest absolute Gasteiger partial charge is 0.504 e. The standard InChI is InChI=1S/C15H16O7S2/c1-15(18)11(22-14(17)8-4-3-5-23-8)10-9(12(15)24-19)7(6-20-2)13(16)21-10/h3-6,9-12,18-19H,1-2H3/b7-6+/t9-,10-,11-,12-,15-/m0/s1. The van der Waals surface area contributed by atoms with Gasteiger partial charge in [0.25, 0.3) is 0 Å². The van der Waals surface area contributed by atoms with E-state index in [-0.39, 0.29) is 5.57 Å². The van der Waals surface area contributed by atoms with E-state index >= 15 is 0 Å². The first kappa shape index (κ1) is 17.3. The summed E-state index contributed by atoms with van der Waals surface area (Å²) in [5.74, 6) is -1.88. The molecule has 0 bridgehead atoms. The van der Waals surface area contributed by atoms with Crippen molar-refractivity contribution in [1.82, 2.24) is 0 Å². The molecule has 130 valence electrons. The number of carbonyl (C=O) groups is 2. The average Bonchev–Trinajstić information content (AvgIpc) is 3.20. The van der Waals surface area contributed by atoms with Gasteiger partial charge in [0.1, 0.15) is 10.5 Å². The van der Waals surface area contributed by atoms with E-state index in [1.165, 1.54) is 31.6 Å². The van der Waals surface area contributed by atoms with Gasteiger partial charge in [0.05, 0.1) is 30.1 Å². The van der Waals surface area contributed by atoms with Crippen LogP contribution in [0.15, 0.2) is 29.3 Å². The van der Waals surface area contributed by atoms with E-state index in [4.69, 9.17) is 14.2 Å². The lowest BCUT2D eigenvalue weighted by atomic mass is 9.96. The summed E-state index contributed by atoms with van der Waals surface area (Å²) in [6, 6.07) is 3.31. The number of methoxy groups -OCH3 is 1. The molecule has 2 aliphatic rings. The highest BCUT2D eigenvalue weighted by Crippen LogP contribution is 2.51. The maximum atomic E-state index is 12.2. The van der Waals surface area contributed by atoms with Crippen LogP contribution in [-0.4, -0.2) is 51.8 Å². The fraction of sp³-hybridized carbons (Fsp3) is 0.467. The quantitative estimate of drug-likeness (QED) is 0.356. The zero-order valence-electron chi connectivity index (χ0n) is 12.9. The fourth-order valence-electron chi connectivity index (χ4n) is 3.20. The van der Waals surface area contributed by atoms with Crippen molar-refractivity contribution in [1.29, 1.82) is 0 Å². The molecule has 0 amide bonds. The highest BCUT2D eigenvalue weighted by molar-refractivity contribution is 7.94. The van der Waals surface area contributed by atoms with Crippen molar-refractivity contribution in [3.63, 3.8) is 0 Å². The topological polar surface area (TPSA) is 102 Å².